The number of carbonyl (C=O) groups is 2. The second kappa shape index (κ2) is 16.0. The molecule has 1 spiro atoms. The lowest BCUT2D eigenvalue weighted by molar-refractivity contribution is -0.331. The summed E-state index contributed by atoms with van der Waals surface area (Å²) in [6.07, 6.45) is -1.56. The fourth-order valence-electron chi connectivity index (χ4n) is 9.58. The first kappa shape index (κ1) is 41.7. The van der Waals surface area contributed by atoms with Crippen molar-refractivity contribution in [3.8, 4) is 0 Å². The van der Waals surface area contributed by atoms with Gasteiger partial charge < -0.3 is 53.7 Å². The zero-order chi connectivity index (χ0) is 38.5. The second-order valence-electron chi connectivity index (χ2n) is 17.8. The van der Waals surface area contributed by atoms with E-state index in [1.54, 1.807) is 6.92 Å². The smallest absolute Gasteiger partial charge is 0.311 e. The van der Waals surface area contributed by atoms with Crippen LogP contribution in [0.4, 0.5) is 0 Å². The summed E-state index contributed by atoms with van der Waals surface area (Å²) < 4.78 is 33.9. The highest BCUT2D eigenvalue weighted by molar-refractivity contribution is 5.81. The van der Waals surface area contributed by atoms with Crippen molar-refractivity contribution in [2.75, 3.05) is 40.8 Å². The van der Waals surface area contributed by atoms with E-state index in [4.69, 9.17) is 23.7 Å². The van der Waals surface area contributed by atoms with Crippen LogP contribution in [0.1, 0.15) is 100 Å². The standard InChI is InChI=1S/C39H69N3O10/c1-12-29-38(8,47)32(44)26(6)41(11)21-22(2)20-37(7)33(50-36-30(43)28(40(9)10)19-23(3)48-36)24(4)31(25(5)35(46)49-29)51-39(52-37)15-17-42(18-16-39)34(45)27-13-14-27/h22-33,36,43-44,47H,12-21H2,1-11H3/t22-,23-,24+,25-,26+,28+,29+,30-,31+,32-,33-,36?,37?,38-/m1/s1. The van der Waals surface area contributed by atoms with Gasteiger partial charge in [0.1, 0.15) is 23.9 Å². The summed E-state index contributed by atoms with van der Waals surface area (Å²) in [6, 6.07) is -0.659. The Bertz CT molecular complexity index is 1240. The molecule has 4 aliphatic heterocycles. The molecule has 5 fully saturated rings. The zero-order valence-electron chi connectivity index (χ0n) is 33.6. The summed E-state index contributed by atoms with van der Waals surface area (Å²) >= 11 is 0. The summed E-state index contributed by atoms with van der Waals surface area (Å²) in [5.41, 5.74) is -2.72. The summed E-state index contributed by atoms with van der Waals surface area (Å²) in [5, 5.41) is 34.9. The number of ether oxygens (including phenoxy) is 5. The predicted molar refractivity (Wildman–Crippen MR) is 194 cm³/mol. The molecule has 2 unspecified atom stereocenters. The number of carbonyl (C=O) groups excluding carboxylic acids is 2. The van der Waals surface area contributed by atoms with Gasteiger partial charge >= 0.3 is 5.97 Å². The number of esters is 1. The Morgan fingerprint density at radius 1 is 1.06 bits per heavy atom. The Hall–Kier alpha value is -1.42. The van der Waals surface area contributed by atoms with Crippen molar-refractivity contribution in [1.29, 1.82) is 0 Å². The lowest BCUT2D eigenvalue weighted by atomic mass is 9.78. The highest BCUT2D eigenvalue weighted by atomic mass is 16.7. The molecular formula is C39H69N3O10. The van der Waals surface area contributed by atoms with Crippen LogP contribution in [0.2, 0.25) is 0 Å². The molecule has 0 aromatic heterocycles. The normalized spacial score (nSPS) is 45.7. The van der Waals surface area contributed by atoms with Crippen molar-refractivity contribution in [1.82, 2.24) is 14.7 Å². The molecule has 0 aromatic carbocycles. The van der Waals surface area contributed by atoms with Crippen molar-refractivity contribution in [3.05, 3.63) is 0 Å². The number of aliphatic hydroxyl groups excluding tert-OH is 2. The molecule has 4 saturated heterocycles. The van der Waals surface area contributed by atoms with E-state index in [-0.39, 0.29) is 29.9 Å². The quantitative estimate of drug-likeness (QED) is 0.356. The molecule has 4 heterocycles. The molecule has 5 aliphatic rings. The number of fused-ring (bicyclic) bond motifs is 3. The highest BCUT2D eigenvalue weighted by Crippen LogP contribution is 2.48. The number of rotatable bonds is 5. The molecule has 5 rings (SSSR count). The lowest BCUT2D eigenvalue weighted by Crippen LogP contribution is -2.60. The molecule has 0 radical (unpaired) electrons. The molecule has 2 bridgehead atoms. The molecule has 14 atom stereocenters. The molecule has 3 N–H and O–H groups in total. The van der Waals surface area contributed by atoms with E-state index < -0.39 is 77.6 Å². The Morgan fingerprint density at radius 3 is 2.27 bits per heavy atom. The van der Waals surface area contributed by atoms with E-state index in [2.05, 4.69) is 6.92 Å². The maximum Gasteiger partial charge on any atom is 0.311 e. The van der Waals surface area contributed by atoms with Gasteiger partial charge in [0.15, 0.2) is 12.1 Å². The van der Waals surface area contributed by atoms with Crippen LogP contribution in [0.25, 0.3) is 0 Å². The third-order valence-electron chi connectivity index (χ3n) is 12.9. The summed E-state index contributed by atoms with van der Waals surface area (Å²) in [4.78, 5) is 33.3. The van der Waals surface area contributed by atoms with Crippen molar-refractivity contribution < 1.29 is 48.6 Å². The number of amides is 1. The average molecular weight is 740 g/mol. The van der Waals surface area contributed by atoms with E-state index in [0.29, 0.717) is 51.7 Å². The van der Waals surface area contributed by atoms with E-state index in [0.717, 1.165) is 12.8 Å². The number of cyclic esters (lactones) is 1. The molecule has 1 aliphatic carbocycles. The van der Waals surface area contributed by atoms with Gasteiger partial charge in [-0.25, -0.2) is 0 Å². The first-order valence-electron chi connectivity index (χ1n) is 19.9. The van der Waals surface area contributed by atoms with Crippen LogP contribution in [0, 0.1) is 23.7 Å². The summed E-state index contributed by atoms with van der Waals surface area (Å²) in [6.45, 7) is 16.7. The first-order valence-corrected chi connectivity index (χ1v) is 19.9. The third-order valence-corrected chi connectivity index (χ3v) is 12.9. The lowest BCUT2D eigenvalue weighted by Gasteiger charge is -2.49. The fourth-order valence-corrected chi connectivity index (χ4v) is 9.58. The number of hydrogen-bond donors (Lipinski definition) is 3. The number of piperidine rings is 1. The van der Waals surface area contributed by atoms with Gasteiger partial charge in [0.2, 0.25) is 5.91 Å². The SMILES string of the molecule is CC[C@@H]1OC(=O)[C@H](C)[C@H]2OC3(CCN(C(=O)C4CC4)CC3)OC(C)(C[C@@H](C)CN(C)[C@@H](C)[C@@H](O)[C@]1(C)O)[C@H](OC1O[C@H](C)C[C@H](N(C)C)[C@H]1O)[C@H]2C. The topological polar surface area (TPSA) is 151 Å². The fraction of sp³-hybridized carbons (Fsp3) is 0.949. The van der Waals surface area contributed by atoms with Gasteiger partial charge in [-0.15, -0.1) is 0 Å². The maximum atomic E-state index is 14.2. The minimum absolute atomic E-state index is 0.00563. The van der Waals surface area contributed by atoms with Crippen molar-refractivity contribution in [2.45, 2.75) is 172 Å². The summed E-state index contributed by atoms with van der Waals surface area (Å²) in [7, 11) is 5.80. The van der Waals surface area contributed by atoms with Gasteiger partial charge in [0.25, 0.3) is 0 Å². The van der Waals surface area contributed by atoms with Gasteiger partial charge in [-0.05, 0) is 93.8 Å². The van der Waals surface area contributed by atoms with E-state index >= 15 is 0 Å². The largest absolute Gasteiger partial charge is 0.459 e. The molecule has 1 amide bonds. The molecule has 13 nitrogen and oxygen atoms in total. The Balaban J connectivity index is 1.59. The number of nitrogens with zero attached hydrogens (tertiary/aromatic N) is 3. The van der Waals surface area contributed by atoms with Crippen LogP contribution < -0.4 is 0 Å². The minimum Gasteiger partial charge on any atom is -0.459 e. The minimum atomic E-state index is -1.72. The molecule has 52 heavy (non-hydrogen) atoms. The average Bonchev–Trinajstić information content (AvgIpc) is 3.93. The molecular weight excluding hydrogens is 670 g/mol. The van der Waals surface area contributed by atoms with Crippen molar-refractivity contribution >= 4 is 11.9 Å². The third kappa shape index (κ3) is 8.53. The molecule has 13 heteroatoms. The monoisotopic (exact) mass is 739 g/mol. The van der Waals surface area contributed by atoms with Gasteiger partial charge in [-0.1, -0.05) is 20.8 Å². The van der Waals surface area contributed by atoms with Crippen LogP contribution in [-0.4, -0.2) is 155 Å². The zero-order valence-corrected chi connectivity index (χ0v) is 33.6. The van der Waals surface area contributed by atoms with Crippen molar-refractivity contribution in [3.63, 3.8) is 0 Å². The Labute approximate surface area is 311 Å². The molecule has 1 saturated carbocycles. The van der Waals surface area contributed by atoms with Crippen LogP contribution in [0.15, 0.2) is 0 Å². The van der Waals surface area contributed by atoms with Crippen LogP contribution in [0.5, 0.6) is 0 Å². The Morgan fingerprint density at radius 2 is 1.69 bits per heavy atom. The van der Waals surface area contributed by atoms with Crippen LogP contribution in [0.3, 0.4) is 0 Å². The van der Waals surface area contributed by atoms with Crippen LogP contribution in [-0.2, 0) is 33.3 Å². The Kier molecular flexibility index (Phi) is 12.8. The van der Waals surface area contributed by atoms with E-state index in [1.807, 2.05) is 70.5 Å². The molecule has 300 valence electrons. The van der Waals surface area contributed by atoms with Gasteiger partial charge in [0, 0.05) is 56.4 Å². The van der Waals surface area contributed by atoms with Crippen molar-refractivity contribution in [2.24, 2.45) is 23.7 Å². The van der Waals surface area contributed by atoms with Gasteiger partial charge in [-0.2, -0.15) is 0 Å². The first-order chi connectivity index (χ1) is 24.2. The van der Waals surface area contributed by atoms with E-state index in [9.17, 15) is 24.9 Å². The maximum absolute atomic E-state index is 14.2. The second-order valence-corrected chi connectivity index (χ2v) is 17.8. The highest BCUT2D eigenvalue weighted by Gasteiger charge is 2.58. The van der Waals surface area contributed by atoms with Crippen LogP contribution >= 0.6 is 0 Å². The van der Waals surface area contributed by atoms with Gasteiger partial charge in [0.05, 0.1) is 29.8 Å². The number of likely N-dealkylation sites (N-methyl/N-ethyl adjacent to an activating group) is 2. The van der Waals surface area contributed by atoms with E-state index in [1.165, 1.54) is 6.92 Å². The number of likely N-dealkylation sites (tertiary alicyclic amines) is 1. The molecule has 0 aromatic rings. The predicted octanol–water partition coefficient (Wildman–Crippen LogP) is 2.77. The van der Waals surface area contributed by atoms with Gasteiger partial charge in [-0.3, -0.25) is 9.59 Å². The number of aliphatic hydroxyl groups is 3. The number of hydrogen-bond acceptors (Lipinski definition) is 12. The summed E-state index contributed by atoms with van der Waals surface area (Å²) in [5.74, 6) is -2.68.